The first-order valence-electron chi connectivity index (χ1n) is 6.00. The Kier molecular flexibility index (Phi) is 3.60. The molecule has 2 rings (SSSR count). The van der Waals surface area contributed by atoms with E-state index in [1.165, 1.54) is 19.3 Å². The van der Waals surface area contributed by atoms with Crippen LogP contribution in [0.15, 0.2) is 18.3 Å². The van der Waals surface area contributed by atoms with Gasteiger partial charge in [0.25, 0.3) is 0 Å². The summed E-state index contributed by atoms with van der Waals surface area (Å²) in [5.74, 6) is 0.486. The maximum Gasteiger partial charge on any atom is 0.214 e. The largest absolute Gasteiger partial charge is 0.476 e. The fourth-order valence-corrected chi connectivity index (χ4v) is 2.18. The smallest absolute Gasteiger partial charge is 0.214 e. The molecule has 4 nitrogen and oxygen atoms in total. The van der Waals surface area contributed by atoms with Gasteiger partial charge < -0.3 is 10.5 Å². The zero-order valence-electron chi connectivity index (χ0n) is 9.85. The van der Waals surface area contributed by atoms with Gasteiger partial charge in [0.05, 0.1) is 17.2 Å². The van der Waals surface area contributed by atoms with Crippen molar-refractivity contribution in [1.82, 2.24) is 4.98 Å². The Morgan fingerprint density at radius 2 is 2.18 bits per heavy atom. The van der Waals surface area contributed by atoms with E-state index < -0.39 is 0 Å². The SMILES string of the molecule is N#Cc1ccnc(OCC2(N)CCCCC2)c1. The molecule has 0 aromatic carbocycles. The zero-order chi connectivity index (χ0) is 12.1. The van der Waals surface area contributed by atoms with E-state index in [9.17, 15) is 0 Å². The third-order valence-electron chi connectivity index (χ3n) is 3.22. The number of ether oxygens (including phenoxy) is 1. The van der Waals surface area contributed by atoms with Gasteiger partial charge in [0.15, 0.2) is 0 Å². The lowest BCUT2D eigenvalue weighted by Gasteiger charge is -2.32. The lowest BCUT2D eigenvalue weighted by molar-refractivity contribution is 0.169. The van der Waals surface area contributed by atoms with Gasteiger partial charge in [-0.05, 0) is 18.9 Å². The summed E-state index contributed by atoms with van der Waals surface area (Å²) in [6.07, 6.45) is 7.20. The fraction of sp³-hybridized carbons (Fsp3) is 0.538. The average molecular weight is 231 g/mol. The number of hydrogen-bond donors (Lipinski definition) is 1. The van der Waals surface area contributed by atoms with Crippen LogP contribution in [-0.4, -0.2) is 17.1 Å². The van der Waals surface area contributed by atoms with Gasteiger partial charge in [-0.2, -0.15) is 5.26 Å². The Labute approximate surface area is 101 Å². The number of hydrogen-bond acceptors (Lipinski definition) is 4. The first-order valence-corrected chi connectivity index (χ1v) is 6.00. The second kappa shape index (κ2) is 5.15. The van der Waals surface area contributed by atoms with Gasteiger partial charge in [-0.1, -0.05) is 19.3 Å². The van der Waals surface area contributed by atoms with Crippen LogP contribution >= 0.6 is 0 Å². The Hall–Kier alpha value is -1.60. The monoisotopic (exact) mass is 231 g/mol. The number of pyridine rings is 1. The predicted octanol–water partition coefficient (Wildman–Crippen LogP) is 1.99. The van der Waals surface area contributed by atoms with Gasteiger partial charge >= 0.3 is 0 Å². The van der Waals surface area contributed by atoms with Crippen LogP contribution < -0.4 is 10.5 Å². The van der Waals surface area contributed by atoms with Crippen molar-refractivity contribution in [2.75, 3.05) is 6.61 Å². The van der Waals surface area contributed by atoms with Gasteiger partial charge in [0.1, 0.15) is 6.61 Å². The summed E-state index contributed by atoms with van der Waals surface area (Å²) in [5, 5.41) is 8.77. The third-order valence-corrected chi connectivity index (χ3v) is 3.22. The van der Waals surface area contributed by atoms with E-state index >= 15 is 0 Å². The molecule has 1 fully saturated rings. The normalized spacial score (nSPS) is 18.4. The van der Waals surface area contributed by atoms with E-state index in [-0.39, 0.29) is 5.54 Å². The highest BCUT2D eigenvalue weighted by atomic mass is 16.5. The first-order chi connectivity index (χ1) is 8.22. The highest BCUT2D eigenvalue weighted by Gasteiger charge is 2.28. The summed E-state index contributed by atoms with van der Waals surface area (Å²) in [6.45, 7) is 0.481. The molecule has 4 heteroatoms. The molecule has 0 atom stereocenters. The van der Waals surface area contributed by atoms with E-state index in [0.29, 0.717) is 18.1 Å². The minimum absolute atomic E-state index is 0.220. The predicted molar refractivity (Wildman–Crippen MR) is 64.5 cm³/mol. The van der Waals surface area contributed by atoms with Gasteiger partial charge in [-0.3, -0.25) is 0 Å². The van der Waals surface area contributed by atoms with Crippen LogP contribution in [0.25, 0.3) is 0 Å². The van der Waals surface area contributed by atoms with Gasteiger partial charge in [-0.15, -0.1) is 0 Å². The van der Waals surface area contributed by atoms with Crippen molar-refractivity contribution in [2.24, 2.45) is 5.73 Å². The Morgan fingerprint density at radius 3 is 2.88 bits per heavy atom. The van der Waals surface area contributed by atoms with Gasteiger partial charge in [-0.25, -0.2) is 4.98 Å². The van der Waals surface area contributed by atoms with Crippen LogP contribution in [-0.2, 0) is 0 Å². The van der Waals surface area contributed by atoms with Crippen molar-refractivity contribution in [3.8, 4) is 11.9 Å². The lowest BCUT2D eigenvalue weighted by atomic mass is 9.83. The summed E-state index contributed by atoms with van der Waals surface area (Å²) in [7, 11) is 0. The summed E-state index contributed by atoms with van der Waals surface area (Å²) in [6, 6.07) is 5.37. The number of aromatic nitrogens is 1. The van der Waals surface area contributed by atoms with E-state index in [0.717, 1.165) is 12.8 Å². The van der Waals surface area contributed by atoms with Crippen molar-refractivity contribution in [1.29, 1.82) is 5.26 Å². The lowest BCUT2D eigenvalue weighted by Crippen LogP contribution is -2.47. The average Bonchev–Trinajstić information content (AvgIpc) is 2.38. The number of nitrogens with zero attached hydrogens (tertiary/aromatic N) is 2. The number of nitrogens with two attached hydrogens (primary N) is 1. The maximum atomic E-state index is 8.77. The Balaban J connectivity index is 1.95. The van der Waals surface area contributed by atoms with Gasteiger partial charge in [0, 0.05) is 12.3 Å². The molecule has 0 radical (unpaired) electrons. The van der Waals surface area contributed by atoms with Crippen LogP contribution in [0.2, 0.25) is 0 Å². The van der Waals surface area contributed by atoms with Crippen LogP contribution in [0.4, 0.5) is 0 Å². The molecular formula is C13H17N3O. The molecule has 1 aromatic heterocycles. The van der Waals surface area contributed by atoms with E-state index in [2.05, 4.69) is 11.1 Å². The topological polar surface area (TPSA) is 71.9 Å². The molecule has 0 unspecified atom stereocenters. The minimum atomic E-state index is -0.220. The molecule has 0 saturated heterocycles. The van der Waals surface area contributed by atoms with Crippen molar-refractivity contribution in [3.63, 3.8) is 0 Å². The van der Waals surface area contributed by atoms with Crippen molar-refractivity contribution in [2.45, 2.75) is 37.6 Å². The van der Waals surface area contributed by atoms with Crippen LogP contribution in [0.1, 0.15) is 37.7 Å². The Bertz CT molecular complexity index is 419. The maximum absolute atomic E-state index is 8.77. The number of rotatable bonds is 3. The molecule has 17 heavy (non-hydrogen) atoms. The highest BCUT2D eigenvalue weighted by molar-refractivity contribution is 5.31. The standard InChI is InChI=1S/C13H17N3O/c14-9-11-4-7-16-12(8-11)17-10-13(15)5-2-1-3-6-13/h4,7-8H,1-3,5-6,10,15H2. The molecule has 2 N–H and O–H groups in total. The molecule has 1 heterocycles. The highest BCUT2D eigenvalue weighted by Crippen LogP contribution is 2.26. The van der Waals surface area contributed by atoms with Crippen LogP contribution in [0.5, 0.6) is 5.88 Å². The second-order valence-corrected chi connectivity index (χ2v) is 4.71. The first kappa shape index (κ1) is 11.9. The molecule has 90 valence electrons. The van der Waals surface area contributed by atoms with Crippen LogP contribution in [0, 0.1) is 11.3 Å². The molecule has 0 bridgehead atoms. The molecule has 1 aromatic rings. The zero-order valence-corrected chi connectivity index (χ0v) is 9.85. The molecule has 1 saturated carbocycles. The fourth-order valence-electron chi connectivity index (χ4n) is 2.18. The molecule has 0 spiro atoms. The molecular weight excluding hydrogens is 214 g/mol. The summed E-state index contributed by atoms with van der Waals surface area (Å²) in [5.41, 5.74) is 6.60. The van der Waals surface area contributed by atoms with Gasteiger partial charge in [0.2, 0.25) is 5.88 Å². The van der Waals surface area contributed by atoms with Crippen LogP contribution in [0.3, 0.4) is 0 Å². The quantitative estimate of drug-likeness (QED) is 0.863. The minimum Gasteiger partial charge on any atom is -0.476 e. The van der Waals surface area contributed by atoms with Crippen molar-refractivity contribution < 1.29 is 4.74 Å². The molecule has 0 amide bonds. The molecule has 0 aliphatic heterocycles. The summed E-state index contributed by atoms with van der Waals surface area (Å²) in [4.78, 5) is 4.07. The second-order valence-electron chi connectivity index (χ2n) is 4.71. The van der Waals surface area contributed by atoms with Crippen molar-refractivity contribution in [3.05, 3.63) is 23.9 Å². The Morgan fingerprint density at radius 1 is 1.41 bits per heavy atom. The van der Waals surface area contributed by atoms with Crippen molar-refractivity contribution >= 4 is 0 Å². The molecule has 1 aliphatic rings. The van der Waals surface area contributed by atoms with E-state index in [1.807, 2.05) is 0 Å². The summed E-state index contributed by atoms with van der Waals surface area (Å²) < 4.78 is 5.60. The summed E-state index contributed by atoms with van der Waals surface area (Å²) >= 11 is 0. The number of nitriles is 1. The van der Waals surface area contributed by atoms with E-state index in [4.69, 9.17) is 15.7 Å². The van der Waals surface area contributed by atoms with E-state index in [1.54, 1.807) is 18.3 Å². The molecule has 1 aliphatic carbocycles. The third kappa shape index (κ3) is 3.18.